The molecule has 4 aromatic heterocycles. The smallest absolute Gasteiger partial charge is 0.252 e. The zero-order valence-electron chi connectivity index (χ0n) is 29.5. The first-order valence-corrected chi connectivity index (χ1v) is 19.0. The number of halogens is 2. The second-order valence-corrected chi connectivity index (χ2v) is 14.4. The fourth-order valence-electron chi connectivity index (χ4n) is 7.73. The molecule has 1 fully saturated rings. The van der Waals surface area contributed by atoms with Gasteiger partial charge >= 0.3 is 0 Å². The number of fused-ring (bicyclic) bond motifs is 1. The maximum absolute atomic E-state index is 16.5. The van der Waals surface area contributed by atoms with Crippen LogP contribution in [0, 0.1) is 11.6 Å². The molecule has 0 bridgehead atoms. The fraction of sp³-hybridized carbons (Fsp3) is 0.182. The zero-order valence-corrected chi connectivity index (χ0v) is 30.3. The van der Waals surface area contributed by atoms with Crippen LogP contribution in [0.3, 0.4) is 0 Å². The molecule has 270 valence electrons. The number of allylic oxidation sites excluding steroid dienone is 1. The molecule has 1 amide bonds. The third-order valence-electron chi connectivity index (χ3n) is 10.2. The normalized spacial score (nSPS) is 15.9. The van der Waals surface area contributed by atoms with Crippen molar-refractivity contribution in [2.75, 3.05) is 5.32 Å². The van der Waals surface area contributed by atoms with Gasteiger partial charge < -0.3 is 10.6 Å². The number of hydrogen-bond donors (Lipinski definition) is 2. The lowest BCUT2D eigenvalue weighted by atomic mass is 9.77. The number of hydrogen-bond acceptors (Lipinski definition) is 6. The van der Waals surface area contributed by atoms with Gasteiger partial charge in [0, 0.05) is 28.6 Å². The summed E-state index contributed by atoms with van der Waals surface area (Å²) < 4.78 is 33.5. The summed E-state index contributed by atoms with van der Waals surface area (Å²) in [6, 6.07) is 34.4. The predicted molar refractivity (Wildman–Crippen MR) is 211 cm³/mol. The van der Waals surface area contributed by atoms with Gasteiger partial charge in [-0.25, -0.2) is 23.4 Å². The van der Waals surface area contributed by atoms with Crippen molar-refractivity contribution in [3.05, 3.63) is 178 Å². The van der Waals surface area contributed by atoms with Gasteiger partial charge in [-0.05, 0) is 72.4 Å². The second kappa shape index (κ2) is 15.2. The standard InChI is InChI=1S/C44H38F2N6OS/c1-2-13-29-24-38(46)40(50-41(29)48-35-20-12-21-36(26-35)49-43(53)30-22-23-54-28-30)39-37-25-34(45)27-47-42(37)52(51-39)44(31-14-6-3-7-15-31,32-16-8-4-9-17-32)33-18-10-5-11-19-33/h2-11,14-19,22-25,27-28,35-36H,1,12-13,20-21,26H2,(H,48,50)(H,49,53). The summed E-state index contributed by atoms with van der Waals surface area (Å²) in [5.41, 5.74) is 3.37. The number of pyridine rings is 2. The number of benzene rings is 3. The maximum Gasteiger partial charge on any atom is 0.252 e. The number of amides is 1. The van der Waals surface area contributed by atoms with E-state index in [0.29, 0.717) is 40.8 Å². The van der Waals surface area contributed by atoms with Gasteiger partial charge in [0.15, 0.2) is 11.5 Å². The van der Waals surface area contributed by atoms with Gasteiger partial charge in [0.25, 0.3) is 5.91 Å². The lowest BCUT2D eigenvalue weighted by molar-refractivity contribution is 0.0927. The Morgan fingerprint density at radius 2 is 1.54 bits per heavy atom. The molecule has 8 rings (SSSR count). The van der Waals surface area contributed by atoms with Gasteiger partial charge in [0.2, 0.25) is 0 Å². The molecule has 2 unspecified atom stereocenters. The summed E-state index contributed by atoms with van der Waals surface area (Å²) >= 11 is 1.49. The van der Waals surface area contributed by atoms with E-state index in [9.17, 15) is 4.79 Å². The third kappa shape index (κ3) is 6.58. The highest BCUT2D eigenvalue weighted by Gasteiger charge is 2.42. The van der Waals surface area contributed by atoms with Crippen LogP contribution in [0.15, 0.2) is 139 Å². The molecule has 1 aliphatic carbocycles. The highest BCUT2D eigenvalue weighted by atomic mass is 32.1. The first-order valence-electron chi connectivity index (χ1n) is 18.1. The molecule has 4 heterocycles. The molecular formula is C44H38F2N6OS. The van der Waals surface area contributed by atoms with Crippen molar-refractivity contribution in [3.63, 3.8) is 0 Å². The minimum atomic E-state index is -1.09. The van der Waals surface area contributed by atoms with Crippen molar-refractivity contribution in [2.45, 2.75) is 49.7 Å². The van der Waals surface area contributed by atoms with Crippen molar-refractivity contribution >= 4 is 34.1 Å². The Balaban J connectivity index is 1.27. The number of carbonyl (C=O) groups is 1. The average molecular weight is 737 g/mol. The molecular weight excluding hydrogens is 699 g/mol. The molecule has 10 heteroatoms. The highest BCUT2D eigenvalue weighted by molar-refractivity contribution is 7.08. The van der Waals surface area contributed by atoms with Crippen molar-refractivity contribution in [1.82, 2.24) is 25.1 Å². The number of nitrogens with one attached hydrogen (secondary N) is 2. The molecule has 0 radical (unpaired) electrons. The van der Waals surface area contributed by atoms with E-state index in [1.807, 2.05) is 108 Å². The highest BCUT2D eigenvalue weighted by Crippen LogP contribution is 2.44. The predicted octanol–water partition coefficient (Wildman–Crippen LogP) is 9.55. The van der Waals surface area contributed by atoms with Crippen LogP contribution in [0.2, 0.25) is 0 Å². The van der Waals surface area contributed by atoms with Gasteiger partial charge in [0.05, 0.1) is 11.6 Å². The summed E-state index contributed by atoms with van der Waals surface area (Å²) in [6.07, 6.45) is 6.55. The van der Waals surface area contributed by atoms with E-state index in [1.54, 1.807) is 10.8 Å². The first-order chi connectivity index (χ1) is 26.4. The Morgan fingerprint density at radius 3 is 2.15 bits per heavy atom. The summed E-state index contributed by atoms with van der Waals surface area (Å²) in [4.78, 5) is 22.4. The molecule has 2 atom stereocenters. The zero-order chi connectivity index (χ0) is 37.1. The van der Waals surface area contributed by atoms with E-state index < -0.39 is 17.2 Å². The lowest BCUT2D eigenvalue weighted by Gasteiger charge is -2.36. The molecule has 0 spiro atoms. The molecule has 0 saturated heterocycles. The van der Waals surface area contributed by atoms with Crippen LogP contribution in [0.1, 0.15) is 58.3 Å². The number of rotatable bonds is 11. The fourth-order valence-corrected chi connectivity index (χ4v) is 8.36. The number of nitrogens with zero attached hydrogens (tertiary/aromatic N) is 4. The molecule has 2 N–H and O–H groups in total. The largest absolute Gasteiger partial charge is 0.367 e. The monoisotopic (exact) mass is 736 g/mol. The van der Waals surface area contributed by atoms with E-state index in [4.69, 9.17) is 10.1 Å². The van der Waals surface area contributed by atoms with Crippen molar-refractivity contribution < 1.29 is 13.6 Å². The van der Waals surface area contributed by atoms with Crippen LogP contribution in [0.5, 0.6) is 0 Å². The van der Waals surface area contributed by atoms with E-state index in [0.717, 1.165) is 42.1 Å². The van der Waals surface area contributed by atoms with Crippen LogP contribution in [-0.4, -0.2) is 37.7 Å². The maximum atomic E-state index is 16.5. The molecule has 1 aliphatic rings. The SMILES string of the molecule is C=CCc1cc(F)c(-c2nn(C(c3ccccc3)(c3ccccc3)c3ccccc3)c3ncc(F)cc23)nc1NC1CCCC(NC(=O)c2ccsc2)C1. The number of aromatic nitrogens is 4. The van der Waals surface area contributed by atoms with E-state index in [1.165, 1.54) is 23.5 Å². The van der Waals surface area contributed by atoms with Gasteiger partial charge in [0.1, 0.15) is 28.6 Å². The summed E-state index contributed by atoms with van der Waals surface area (Å²) in [7, 11) is 0. The Morgan fingerprint density at radius 1 is 0.889 bits per heavy atom. The van der Waals surface area contributed by atoms with Crippen LogP contribution < -0.4 is 10.6 Å². The Bertz CT molecular complexity index is 2300. The van der Waals surface area contributed by atoms with Crippen molar-refractivity contribution in [1.29, 1.82) is 0 Å². The Kier molecular flexibility index (Phi) is 9.84. The molecule has 0 aliphatic heterocycles. The topological polar surface area (TPSA) is 84.7 Å². The average Bonchev–Trinajstić information content (AvgIpc) is 3.87. The van der Waals surface area contributed by atoms with Gasteiger partial charge in [-0.1, -0.05) is 97.1 Å². The van der Waals surface area contributed by atoms with Crippen molar-refractivity contribution in [3.8, 4) is 11.4 Å². The summed E-state index contributed by atoms with van der Waals surface area (Å²) in [5.74, 6) is -0.763. The van der Waals surface area contributed by atoms with Crippen LogP contribution >= 0.6 is 11.3 Å². The van der Waals surface area contributed by atoms with Crippen molar-refractivity contribution in [2.24, 2.45) is 0 Å². The molecule has 7 aromatic rings. The van der Waals surface area contributed by atoms with E-state index in [2.05, 4.69) is 22.2 Å². The third-order valence-corrected chi connectivity index (χ3v) is 10.8. The van der Waals surface area contributed by atoms with Crippen LogP contribution in [0.25, 0.3) is 22.4 Å². The molecule has 3 aromatic carbocycles. The summed E-state index contributed by atoms with van der Waals surface area (Å²) in [6.45, 7) is 3.90. The first kappa shape index (κ1) is 35.1. The van der Waals surface area contributed by atoms with Gasteiger partial charge in [-0.2, -0.15) is 16.4 Å². The van der Waals surface area contributed by atoms with Gasteiger partial charge in [-0.15, -0.1) is 6.58 Å². The Hall–Kier alpha value is -6.00. The van der Waals surface area contributed by atoms with Crippen LogP contribution in [0.4, 0.5) is 14.6 Å². The quantitative estimate of drug-likeness (QED) is 0.102. The minimum absolute atomic E-state index is 0.0253. The minimum Gasteiger partial charge on any atom is -0.367 e. The van der Waals surface area contributed by atoms with Crippen LogP contribution in [-0.2, 0) is 12.0 Å². The summed E-state index contributed by atoms with van der Waals surface area (Å²) in [5, 5.41) is 16.0. The number of anilines is 1. The van der Waals surface area contributed by atoms with E-state index >= 15 is 8.78 Å². The van der Waals surface area contributed by atoms with Gasteiger partial charge in [-0.3, -0.25) is 4.79 Å². The number of thiophene rings is 1. The molecule has 7 nitrogen and oxygen atoms in total. The second-order valence-electron chi connectivity index (χ2n) is 13.6. The molecule has 1 saturated carbocycles. The lowest BCUT2D eigenvalue weighted by Crippen LogP contribution is -2.41. The van der Waals surface area contributed by atoms with E-state index in [-0.39, 0.29) is 29.4 Å². The number of carbonyl (C=O) groups excluding carboxylic acids is 1. The Labute approximate surface area is 316 Å². The molecule has 54 heavy (non-hydrogen) atoms.